The van der Waals surface area contributed by atoms with Crippen molar-refractivity contribution < 1.29 is 33.5 Å². The molecule has 0 spiro atoms. The minimum atomic E-state index is -2.48. The summed E-state index contributed by atoms with van der Waals surface area (Å²) in [4.78, 5) is 41.5. The van der Waals surface area contributed by atoms with Gasteiger partial charge >= 0.3 is 340 Å². The van der Waals surface area contributed by atoms with Gasteiger partial charge in [-0.05, 0) is 0 Å². The van der Waals surface area contributed by atoms with Crippen LogP contribution >= 0.6 is 8.53 Å². The summed E-state index contributed by atoms with van der Waals surface area (Å²) in [6.45, 7) is 7.89. The van der Waals surface area contributed by atoms with E-state index in [2.05, 4.69) is 11.1 Å². The number of nitriles is 1. The van der Waals surface area contributed by atoms with Crippen LogP contribution in [0, 0.1) is 11.3 Å². The fourth-order valence-corrected chi connectivity index (χ4v) is 11.1. The molecule has 5 rings (SSSR count). The molecule has 14 nitrogen and oxygen atoms in total. The number of rotatable bonds is 18. The monoisotopic (exact) mass is 905 g/mol. The van der Waals surface area contributed by atoms with Crippen LogP contribution in [0.1, 0.15) is 57.0 Å². The number of hydrogen-bond acceptors (Lipinski definition) is 12. The Morgan fingerprint density at radius 3 is 1.98 bits per heavy atom. The van der Waals surface area contributed by atoms with Crippen molar-refractivity contribution >= 4 is 29.4 Å². The van der Waals surface area contributed by atoms with Gasteiger partial charge in [-0.2, -0.15) is 0 Å². The maximum atomic E-state index is 13.3. The molecule has 1 fully saturated rings. The van der Waals surface area contributed by atoms with Crippen LogP contribution in [0.3, 0.4) is 0 Å². The molecule has 4 aromatic rings. The summed E-state index contributed by atoms with van der Waals surface area (Å²) >= 11 is -1.47. The average molecular weight is 903 g/mol. The zero-order chi connectivity index (χ0) is 40.6. The number of nitrogens with one attached hydrogen (secondary N) is 1. The number of benzene rings is 3. The van der Waals surface area contributed by atoms with Crippen LogP contribution in [0.4, 0.5) is 0 Å². The van der Waals surface area contributed by atoms with E-state index in [-0.39, 0.29) is 31.7 Å². The third-order valence-electron chi connectivity index (χ3n) is 9.62. The molecule has 2 heterocycles. The first-order valence-electron chi connectivity index (χ1n) is 18.2. The van der Waals surface area contributed by atoms with Gasteiger partial charge in [0.05, 0.1) is 0 Å². The van der Waals surface area contributed by atoms with Gasteiger partial charge in [0.1, 0.15) is 0 Å². The van der Waals surface area contributed by atoms with Gasteiger partial charge < -0.3 is 0 Å². The molecule has 1 saturated heterocycles. The van der Waals surface area contributed by atoms with Gasteiger partial charge in [-0.25, -0.2) is 0 Å². The van der Waals surface area contributed by atoms with E-state index >= 15 is 0 Å². The Labute approximate surface area is 338 Å². The number of aromatic nitrogens is 2. The molecule has 1 unspecified atom stereocenters. The van der Waals surface area contributed by atoms with E-state index in [1.807, 2.05) is 117 Å². The fraction of sp³-hybridized carbons (Fsp3) is 0.425. The van der Waals surface area contributed by atoms with E-state index in [1.165, 1.54) is 12.3 Å². The quantitative estimate of drug-likeness (QED) is 0.0543. The van der Waals surface area contributed by atoms with E-state index in [1.54, 1.807) is 19.0 Å². The van der Waals surface area contributed by atoms with Gasteiger partial charge in [0.25, 0.3) is 0 Å². The number of aromatic amines is 1. The number of aliphatic hydroxyl groups is 1. The second-order valence-electron chi connectivity index (χ2n) is 13.7. The third kappa shape index (κ3) is 9.07. The molecule has 1 aliphatic heterocycles. The molecule has 1 aliphatic rings. The molecule has 0 saturated carbocycles. The van der Waals surface area contributed by atoms with Crippen LogP contribution in [0.2, 0.25) is 4.97 Å². The summed E-state index contributed by atoms with van der Waals surface area (Å²) in [5.41, 5.74) is -0.338. The van der Waals surface area contributed by atoms with E-state index in [0.29, 0.717) is 11.5 Å². The van der Waals surface area contributed by atoms with E-state index in [0.717, 1.165) is 21.3 Å². The first kappa shape index (κ1) is 43.5. The summed E-state index contributed by atoms with van der Waals surface area (Å²) in [7, 11) is 0.707. The van der Waals surface area contributed by atoms with E-state index < -0.39 is 68.4 Å². The summed E-state index contributed by atoms with van der Waals surface area (Å²) < 4.78 is 32.4. The zero-order valence-electron chi connectivity index (χ0n) is 32.6. The summed E-state index contributed by atoms with van der Waals surface area (Å²) in [6.07, 6.45) is -2.19. The molecular weight excluding hydrogens is 853 g/mol. The van der Waals surface area contributed by atoms with Crippen molar-refractivity contribution in [1.82, 2.24) is 19.3 Å². The molecule has 3 N–H and O–H groups in total. The van der Waals surface area contributed by atoms with Crippen LogP contribution in [-0.4, -0.2) is 106 Å². The molecule has 16 heteroatoms. The summed E-state index contributed by atoms with van der Waals surface area (Å²) in [5, 5.41) is 24.2. The number of nitrogens with zero attached hydrogens (tertiary/aromatic N) is 4. The first-order chi connectivity index (χ1) is 26.8. The maximum absolute atomic E-state index is 13.3. The van der Waals surface area contributed by atoms with Crippen molar-refractivity contribution in [2.24, 2.45) is 0 Å². The molecule has 3 aromatic carbocycles. The van der Waals surface area contributed by atoms with Gasteiger partial charge in [0.15, 0.2) is 0 Å². The van der Waals surface area contributed by atoms with Crippen molar-refractivity contribution in [3.05, 3.63) is 129 Å². The van der Waals surface area contributed by atoms with Crippen LogP contribution in [-0.2, 0) is 19.6 Å². The predicted molar refractivity (Wildman–Crippen MR) is 213 cm³/mol. The molecule has 56 heavy (non-hydrogen) atoms. The standard InChI is InChI=1S/C40H50N5O9PTe/c1-27(2)45(28(3)4)44(24-11-23-41)55(49)54-36-34(53-37(40(36,48)56-7)43-25-22-35(46)42-38(43)47)26-52-39(29-12-9-8-10-13-29,30-14-18-32(50-5)19-15-30)31-16-20-33(51-6)21-17-31/h8-10,12-22,25,27-28,34,36-37,48-49H,11,24,26H2,1-7H3,(H,42,46,47)/t34-,36-,37-,40+,55?/m1/s1. The van der Waals surface area contributed by atoms with E-state index in [4.69, 9.17) is 23.5 Å². The van der Waals surface area contributed by atoms with Crippen molar-refractivity contribution in [2.75, 3.05) is 27.4 Å². The van der Waals surface area contributed by atoms with Crippen LogP contribution in [0.5, 0.6) is 11.5 Å². The number of H-pyrrole nitrogens is 1. The average Bonchev–Trinajstić information content (AvgIpc) is 3.47. The topological polar surface area (TPSA) is 172 Å². The van der Waals surface area contributed by atoms with Crippen LogP contribution in [0.15, 0.2) is 101 Å². The molecule has 5 atom stereocenters. The Morgan fingerprint density at radius 2 is 1.50 bits per heavy atom. The summed E-state index contributed by atoms with van der Waals surface area (Å²) in [5.74, 6) is 1.30. The van der Waals surface area contributed by atoms with Crippen molar-refractivity contribution in [1.29, 1.82) is 5.26 Å². The fourth-order valence-electron chi connectivity index (χ4n) is 7.11. The normalized spacial score (nSPS) is 20.5. The van der Waals surface area contributed by atoms with Crippen molar-refractivity contribution in [2.45, 2.75) is 78.9 Å². The van der Waals surface area contributed by atoms with Crippen molar-refractivity contribution in [3.63, 3.8) is 0 Å². The molecule has 300 valence electrons. The third-order valence-corrected chi connectivity index (χ3v) is 13.9. The number of hydrogen-bond donors (Lipinski definition) is 3. The molecular formula is C40H50N5O9PTe. The number of methoxy groups -OCH3 is 2. The Hall–Kier alpha value is -3.63. The number of ether oxygens (including phenoxy) is 4. The van der Waals surface area contributed by atoms with Crippen LogP contribution in [0.25, 0.3) is 0 Å². The first-order valence-corrected chi connectivity index (χ1v) is 22.8. The van der Waals surface area contributed by atoms with Gasteiger partial charge in [0, 0.05) is 0 Å². The molecule has 1 aromatic heterocycles. The minimum absolute atomic E-state index is 0.0693. The Balaban J connectivity index is 1.66. The molecule has 0 bridgehead atoms. The Kier molecular flexibility index (Phi) is 14.9. The van der Waals surface area contributed by atoms with Gasteiger partial charge in [0.2, 0.25) is 0 Å². The number of hydrazine groups is 1. The predicted octanol–water partition coefficient (Wildman–Crippen LogP) is 4.75. The second kappa shape index (κ2) is 19.2. The van der Waals surface area contributed by atoms with E-state index in [9.17, 15) is 24.9 Å². The molecule has 0 aliphatic carbocycles. The molecule has 0 amide bonds. The summed E-state index contributed by atoms with van der Waals surface area (Å²) in [6, 6.07) is 27.9. The van der Waals surface area contributed by atoms with Crippen LogP contribution < -0.4 is 20.7 Å². The van der Waals surface area contributed by atoms with Crippen molar-refractivity contribution in [3.8, 4) is 17.6 Å². The second-order valence-corrected chi connectivity index (χ2v) is 17.9. The Bertz CT molecular complexity index is 1970. The SMILES string of the molecule is COc1ccc(C(OC[C@H]2O[C@@H](n3ccc(=O)[nH]c3=O)[C@@](O)([Te]C)[C@@H]2OP(O)N(CCC#N)N(C(C)C)C(C)C)(c2ccccc2)c2ccc(OC)cc2)cc1. The van der Waals surface area contributed by atoms with Gasteiger partial charge in [-0.1, -0.05) is 0 Å². The molecule has 0 radical (unpaired) electrons. The van der Waals surface area contributed by atoms with Gasteiger partial charge in [-0.3, -0.25) is 0 Å². The Morgan fingerprint density at radius 1 is 0.946 bits per heavy atom. The van der Waals surface area contributed by atoms with Gasteiger partial charge in [-0.15, -0.1) is 0 Å². The zero-order valence-corrected chi connectivity index (χ0v) is 35.8.